The Labute approximate surface area is 637 Å². The molecule has 0 bridgehead atoms. The van der Waals surface area contributed by atoms with Crippen molar-refractivity contribution in [3.8, 4) is 0 Å². The molecule has 19 nitrogen and oxygen atoms in total. The fraction of sp³-hybridized carbons (Fsp3) is 0.395. The number of hydrogen-bond donors (Lipinski definition) is 2. The molecular formula is C86H131N14O5S+9. The number of aliphatic hydroxyl groups excluding tert-OH is 2. The zero-order valence-electron chi connectivity index (χ0n) is 66.9. The van der Waals surface area contributed by atoms with Gasteiger partial charge in [-0.05, 0) is 90.8 Å². The summed E-state index contributed by atoms with van der Waals surface area (Å²) >= 11 is 0. The molecule has 0 spiro atoms. The molecule has 572 valence electrons. The minimum absolute atomic E-state index is 0. The van der Waals surface area contributed by atoms with E-state index < -0.39 is 10.1 Å². The molecule has 0 radical (unpaired) electrons. The fourth-order valence-electron chi connectivity index (χ4n) is 9.87. The minimum atomic E-state index is -4.09. The first-order valence-corrected chi connectivity index (χ1v) is 37.5. The number of para-hydroxylation sites is 1. The van der Waals surface area contributed by atoms with Crippen LogP contribution in [-0.4, -0.2) is 87.5 Å². The number of imidazole rings is 1. The van der Waals surface area contributed by atoms with E-state index in [0.717, 1.165) is 24.1 Å². The number of aliphatic hydroxyl groups is 2. The second-order valence-electron chi connectivity index (χ2n) is 27.9. The summed E-state index contributed by atoms with van der Waals surface area (Å²) in [5.74, 6) is 0.304. The Balaban J connectivity index is 0.000000401. The van der Waals surface area contributed by atoms with E-state index in [0.29, 0.717) is 12.5 Å². The molecule has 11 heterocycles. The Morgan fingerprint density at radius 1 is 0.509 bits per heavy atom. The summed E-state index contributed by atoms with van der Waals surface area (Å²) in [5, 5.41) is 18.6. The monoisotopic (exact) mass is 1470 g/mol. The molecule has 20 heteroatoms. The first-order valence-electron chi connectivity index (χ1n) is 35.9. The van der Waals surface area contributed by atoms with Crippen LogP contribution < -0.4 is 60.4 Å². The standard InChI is InChI=1S/C10H15N2.C10H10N.C10H16N.C9H15N2O.C9H14NO.C9H14N.C8H13N2.C8H11NO3S.C7H10N.C5H9N2.CH4/c1-11-8-4-10(5-9-11)12-6-2-3-7-12;1-11-8-4-6-9-5-2-3-7-10(9)11;1-10(2,3)9-5-7-11(4)8-6-9;1-10-5-3-9(4-6-10)11(2)7-8-12;1-10-6-4-9(5-7-10)3-2-8-11;1-8(2)9-4-6-10(3)7-5-9;1-9(2)8-4-6-10(3)7-5-8;1-9-5-2-3-8(7-9)4-6-13(10,11)12;1-7-3-5-8(2)6-4-7;1-6-3-4-7(2)5-6;/h4-5,8-9H,2-3,6-7H2,1H3;2-8H,1H3;5-8H,1-4H3;3-6,12H,7-8H2,1-2H3;4-7,11H,2-3,8H2,1H3;4-8H,1-3H3;4-7H,1-3H3;2-3,5,7H,4,6H2,1H3;3-6H,1-2H3;3-5H,1-2H3;1H4/q7*+1;;2*+1;. The van der Waals surface area contributed by atoms with Crippen molar-refractivity contribution in [3.05, 3.63) is 285 Å². The summed E-state index contributed by atoms with van der Waals surface area (Å²) < 4.78 is 53.1. The van der Waals surface area contributed by atoms with Gasteiger partial charge >= 0.3 is 0 Å². The molecule has 106 heavy (non-hydrogen) atoms. The van der Waals surface area contributed by atoms with Gasteiger partial charge in [-0.15, -0.1) is 0 Å². The highest BCUT2D eigenvalue weighted by molar-refractivity contribution is 7.85. The van der Waals surface area contributed by atoms with Gasteiger partial charge in [-0.25, -0.2) is 58.7 Å². The van der Waals surface area contributed by atoms with E-state index in [1.165, 1.54) is 70.5 Å². The van der Waals surface area contributed by atoms with Gasteiger partial charge in [0.1, 0.15) is 75.8 Å². The fourth-order valence-corrected chi connectivity index (χ4v) is 10.4. The lowest BCUT2D eigenvalue weighted by Crippen LogP contribution is -2.28. The SMILES string of the molecule is C.CC(C)c1cc[n+](C)cc1.CN(C)c1cc[n+](C)cc1.CN(CCO)c1cc[n+](C)cc1.C[n+]1ccc(C(C)(C)C)cc1.C[n+]1ccc(CCCO)cc1.C[n+]1ccc(N2CCCC2)cc1.C[n+]1cccc(CCS(=O)(=O)[O-])c1.C[n+]1cccc2ccccc21.Cc1cc[n+](C)cc1.Cn1cc[n+](C)c1. The Hall–Kier alpha value is -9.73. The zero-order valence-corrected chi connectivity index (χ0v) is 67.7. The average Bonchev–Trinajstić information content (AvgIpc) is 0.954. The average molecular weight is 1470 g/mol. The van der Waals surface area contributed by atoms with Crippen molar-refractivity contribution in [1.29, 1.82) is 0 Å². The summed E-state index contributed by atoms with van der Waals surface area (Å²) in [4.78, 5) is 6.54. The molecule has 10 aromatic heterocycles. The van der Waals surface area contributed by atoms with E-state index in [2.05, 4.69) is 225 Å². The summed E-state index contributed by atoms with van der Waals surface area (Å²) in [5.41, 5.74) is 11.5. The Morgan fingerprint density at radius 2 is 0.962 bits per heavy atom. The Bertz CT molecular complexity index is 4130. The van der Waals surface area contributed by atoms with Crippen molar-refractivity contribution in [2.75, 3.05) is 74.4 Å². The van der Waals surface area contributed by atoms with Crippen LogP contribution in [-0.2, 0) is 106 Å². The van der Waals surface area contributed by atoms with Crippen molar-refractivity contribution in [3.63, 3.8) is 0 Å². The highest BCUT2D eigenvalue weighted by atomic mass is 32.2. The summed E-state index contributed by atoms with van der Waals surface area (Å²) in [6.45, 7) is 16.8. The summed E-state index contributed by atoms with van der Waals surface area (Å²) in [6, 6.07) is 45.7. The van der Waals surface area contributed by atoms with Gasteiger partial charge in [0.25, 0.3) is 0 Å². The minimum Gasteiger partial charge on any atom is -0.748 e. The van der Waals surface area contributed by atoms with Gasteiger partial charge in [0.05, 0.1) is 30.8 Å². The van der Waals surface area contributed by atoms with Crippen LogP contribution in [0, 0.1) is 6.92 Å². The molecule has 0 aliphatic carbocycles. The maximum atomic E-state index is 10.3. The lowest BCUT2D eigenvalue weighted by atomic mass is 9.88. The van der Waals surface area contributed by atoms with Crippen LogP contribution in [0.15, 0.2) is 258 Å². The topological polar surface area (TPSA) is 151 Å². The third-order valence-corrected chi connectivity index (χ3v) is 17.2. The highest BCUT2D eigenvalue weighted by Gasteiger charge is 2.15. The van der Waals surface area contributed by atoms with Gasteiger partial charge in [-0.3, -0.25) is 0 Å². The van der Waals surface area contributed by atoms with E-state index in [-0.39, 0.29) is 38.2 Å². The molecule has 0 saturated carbocycles. The first-order chi connectivity index (χ1) is 49.7. The van der Waals surface area contributed by atoms with Gasteiger partial charge in [-0.1, -0.05) is 54.2 Å². The molecule has 0 atom stereocenters. The molecule has 2 N–H and O–H groups in total. The van der Waals surface area contributed by atoms with Gasteiger partial charge in [0.15, 0.2) is 105 Å². The number of benzene rings is 1. The second kappa shape index (κ2) is 49.9. The lowest BCUT2D eigenvalue weighted by Gasteiger charge is -2.17. The number of rotatable bonds is 12. The van der Waals surface area contributed by atoms with Gasteiger partial charge in [-0.2, -0.15) is 0 Å². The molecule has 1 aliphatic heterocycles. The number of hydrogen-bond acceptors (Lipinski definition) is 8. The number of likely N-dealkylation sites (N-methyl/N-ethyl adjacent to an activating group) is 1. The van der Waals surface area contributed by atoms with Crippen molar-refractivity contribution in [2.24, 2.45) is 77.5 Å². The largest absolute Gasteiger partial charge is 0.748 e. The number of aromatic nitrogens is 11. The van der Waals surface area contributed by atoms with E-state index in [1.54, 1.807) is 12.3 Å². The van der Waals surface area contributed by atoms with E-state index in [1.807, 2.05) is 226 Å². The molecule has 12 rings (SSSR count). The van der Waals surface area contributed by atoms with Gasteiger partial charge in [0, 0.05) is 184 Å². The van der Waals surface area contributed by atoms with Crippen LogP contribution >= 0.6 is 0 Å². The maximum absolute atomic E-state index is 10.3. The molecule has 1 aromatic carbocycles. The first kappa shape index (κ1) is 92.4. The number of anilines is 3. The molecule has 0 unspecified atom stereocenters. The summed E-state index contributed by atoms with van der Waals surface area (Å²) in [6.07, 6.45) is 45.2. The number of fused-ring (bicyclic) bond motifs is 1. The third-order valence-electron chi connectivity index (χ3n) is 16.5. The van der Waals surface area contributed by atoms with Crippen molar-refractivity contribution in [2.45, 2.75) is 92.4 Å². The molecule has 11 aromatic rings. The van der Waals surface area contributed by atoms with Crippen molar-refractivity contribution in [1.82, 2.24) is 4.57 Å². The van der Waals surface area contributed by atoms with Crippen molar-refractivity contribution < 1.29 is 68.9 Å². The summed E-state index contributed by atoms with van der Waals surface area (Å²) in [7, 11) is 24.0. The molecule has 0 amide bonds. The maximum Gasteiger partial charge on any atom is 0.243 e. The Kier molecular flexibility index (Phi) is 43.5. The zero-order chi connectivity index (χ0) is 77.9. The quantitative estimate of drug-likeness (QED) is 0.0922. The molecule has 1 saturated heterocycles. The normalized spacial score (nSPS) is 11.0. The van der Waals surface area contributed by atoms with Crippen LogP contribution in [0.5, 0.6) is 0 Å². The number of nitrogens with zero attached hydrogens (tertiary/aromatic N) is 14. The second-order valence-corrected chi connectivity index (χ2v) is 29.4. The van der Waals surface area contributed by atoms with E-state index >= 15 is 0 Å². The highest BCUT2D eigenvalue weighted by Crippen LogP contribution is 2.20. The van der Waals surface area contributed by atoms with Gasteiger partial charge in [0.2, 0.25) is 11.8 Å². The van der Waals surface area contributed by atoms with E-state index in [9.17, 15) is 13.0 Å². The van der Waals surface area contributed by atoms with Gasteiger partial charge < -0.3 is 29.5 Å². The van der Waals surface area contributed by atoms with Crippen LogP contribution in [0.4, 0.5) is 17.1 Å². The molecular weight excluding hydrogens is 1340 g/mol. The van der Waals surface area contributed by atoms with Crippen LogP contribution in [0.25, 0.3) is 10.9 Å². The predicted molar refractivity (Wildman–Crippen MR) is 427 cm³/mol. The molecule has 1 aliphatic rings. The number of pyridine rings is 9. The van der Waals surface area contributed by atoms with E-state index in [4.69, 9.17) is 10.2 Å². The Morgan fingerprint density at radius 3 is 1.38 bits per heavy atom. The van der Waals surface area contributed by atoms with Crippen LogP contribution in [0.3, 0.4) is 0 Å². The van der Waals surface area contributed by atoms with Crippen molar-refractivity contribution >= 4 is 38.1 Å². The predicted octanol–water partition coefficient (Wildman–Crippen LogP) is 8.08. The number of aryl methyl sites for hydroxylation is 14. The van der Waals surface area contributed by atoms with Crippen LogP contribution in [0.1, 0.15) is 95.0 Å². The molecule has 1 fully saturated rings. The lowest BCUT2D eigenvalue weighted by molar-refractivity contribution is -0.672. The third kappa shape index (κ3) is 40.5. The van der Waals surface area contributed by atoms with Crippen LogP contribution in [0.2, 0.25) is 0 Å². The smallest absolute Gasteiger partial charge is 0.243 e.